The van der Waals surface area contributed by atoms with E-state index in [0.717, 1.165) is 13.0 Å². The highest BCUT2D eigenvalue weighted by molar-refractivity contribution is 5.57. The Morgan fingerprint density at radius 2 is 2.46 bits per heavy atom. The molecule has 4 heteroatoms. The van der Waals surface area contributed by atoms with E-state index in [2.05, 4.69) is 17.2 Å². The van der Waals surface area contributed by atoms with Crippen molar-refractivity contribution in [3.05, 3.63) is 17.8 Å². The number of anilines is 2. The third kappa shape index (κ3) is 2.34. The normalized spacial score (nSPS) is 9.23. The fourth-order valence-electron chi connectivity index (χ4n) is 0.950. The van der Waals surface area contributed by atoms with E-state index < -0.39 is 0 Å². The van der Waals surface area contributed by atoms with Gasteiger partial charge in [-0.2, -0.15) is 5.26 Å². The molecule has 0 saturated carbocycles. The van der Waals surface area contributed by atoms with Gasteiger partial charge in [0.2, 0.25) is 0 Å². The quantitative estimate of drug-likeness (QED) is 0.729. The highest BCUT2D eigenvalue weighted by Gasteiger charge is 2.01. The minimum absolute atomic E-state index is 0.494. The molecular formula is C9H12N4. The molecule has 0 aliphatic rings. The first-order chi connectivity index (χ1) is 6.27. The molecule has 0 bridgehead atoms. The summed E-state index contributed by atoms with van der Waals surface area (Å²) < 4.78 is 0. The summed E-state index contributed by atoms with van der Waals surface area (Å²) in [5.41, 5.74) is 6.50. The number of nitriles is 1. The van der Waals surface area contributed by atoms with Gasteiger partial charge in [-0.3, -0.25) is 0 Å². The molecule has 0 atom stereocenters. The predicted octanol–water partition coefficient (Wildman–Crippen LogP) is 1.36. The van der Waals surface area contributed by atoms with Crippen LogP contribution in [0.3, 0.4) is 0 Å². The maximum Gasteiger partial charge on any atom is 0.144 e. The summed E-state index contributed by atoms with van der Waals surface area (Å²) in [4.78, 5) is 4.03. The summed E-state index contributed by atoms with van der Waals surface area (Å²) in [7, 11) is 0. The van der Waals surface area contributed by atoms with Gasteiger partial charge in [-0.1, -0.05) is 6.92 Å². The summed E-state index contributed by atoms with van der Waals surface area (Å²) >= 11 is 0. The van der Waals surface area contributed by atoms with Gasteiger partial charge in [-0.25, -0.2) is 4.98 Å². The summed E-state index contributed by atoms with van der Waals surface area (Å²) in [5, 5.41) is 11.8. The lowest BCUT2D eigenvalue weighted by atomic mass is 10.2. The second-order valence-corrected chi connectivity index (χ2v) is 2.70. The molecule has 0 fully saturated rings. The van der Waals surface area contributed by atoms with E-state index in [-0.39, 0.29) is 0 Å². The van der Waals surface area contributed by atoms with Crippen LogP contribution < -0.4 is 11.1 Å². The third-order valence-electron chi connectivity index (χ3n) is 1.57. The van der Waals surface area contributed by atoms with Gasteiger partial charge in [0, 0.05) is 6.54 Å². The zero-order valence-corrected chi connectivity index (χ0v) is 7.54. The number of hydrogen-bond donors (Lipinski definition) is 2. The molecule has 0 radical (unpaired) electrons. The smallest absolute Gasteiger partial charge is 0.144 e. The number of pyridine rings is 1. The first-order valence-corrected chi connectivity index (χ1v) is 4.17. The second-order valence-electron chi connectivity index (χ2n) is 2.70. The predicted molar refractivity (Wildman–Crippen MR) is 52.1 cm³/mol. The highest BCUT2D eigenvalue weighted by Crippen LogP contribution is 2.13. The van der Waals surface area contributed by atoms with Gasteiger partial charge in [0.25, 0.3) is 0 Å². The molecule has 0 spiro atoms. The number of aromatic nitrogens is 1. The van der Waals surface area contributed by atoms with E-state index in [1.807, 2.05) is 6.07 Å². The van der Waals surface area contributed by atoms with Crippen LogP contribution in [0.5, 0.6) is 0 Å². The van der Waals surface area contributed by atoms with E-state index in [0.29, 0.717) is 17.1 Å². The van der Waals surface area contributed by atoms with Crippen LogP contribution in [0.2, 0.25) is 0 Å². The number of hydrogen-bond acceptors (Lipinski definition) is 4. The molecule has 0 saturated heterocycles. The van der Waals surface area contributed by atoms with Crippen LogP contribution >= 0.6 is 0 Å². The van der Waals surface area contributed by atoms with Gasteiger partial charge in [0.1, 0.15) is 11.9 Å². The first kappa shape index (κ1) is 9.33. The van der Waals surface area contributed by atoms with Crippen molar-refractivity contribution < 1.29 is 0 Å². The van der Waals surface area contributed by atoms with Crippen molar-refractivity contribution in [2.75, 3.05) is 17.6 Å². The lowest BCUT2D eigenvalue weighted by Crippen LogP contribution is -2.04. The van der Waals surface area contributed by atoms with Gasteiger partial charge in [-0.05, 0) is 12.5 Å². The Kier molecular flexibility index (Phi) is 3.09. The Bertz CT molecular complexity index is 327. The molecule has 1 aromatic rings. The zero-order valence-electron chi connectivity index (χ0n) is 7.54. The Hall–Kier alpha value is -1.76. The van der Waals surface area contributed by atoms with Crippen molar-refractivity contribution >= 4 is 11.5 Å². The highest BCUT2D eigenvalue weighted by atomic mass is 15.0. The molecule has 68 valence electrons. The van der Waals surface area contributed by atoms with Gasteiger partial charge < -0.3 is 11.1 Å². The maximum atomic E-state index is 8.76. The standard InChI is InChI=1S/C9H12N4/c1-2-3-12-9-7(5-10)4-8(11)6-13-9/h4,6H,2-3,11H2,1H3,(H,12,13). The molecule has 0 aliphatic heterocycles. The van der Waals surface area contributed by atoms with Crippen LogP contribution in [0.25, 0.3) is 0 Å². The minimum atomic E-state index is 0.494. The van der Waals surface area contributed by atoms with Crippen molar-refractivity contribution in [2.45, 2.75) is 13.3 Å². The lowest BCUT2D eigenvalue weighted by molar-refractivity contribution is 0.968. The largest absolute Gasteiger partial charge is 0.397 e. The number of nitrogen functional groups attached to an aromatic ring is 1. The van der Waals surface area contributed by atoms with Crippen LogP contribution in [0.1, 0.15) is 18.9 Å². The molecule has 4 nitrogen and oxygen atoms in total. The van der Waals surface area contributed by atoms with E-state index in [1.54, 1.807) is 12.3 Å². The first-order valence-electron chi connectivity index (χ1n) is 4.17. The lowest BCUT2D eigenvalue weighted by Gasteiger charge is -2.05. The Balaban J connectivity index is 2.88. The number of rotatable bonds is 3. The average molecular weight is 176 g/mol. The van der Waals surface area contributed by atoms with Crippen LogP contribution in [0.4, 0.5) is 11.5 Å². The Labute approximate surface area is 77.4 Å². The van der Waals surface area contributed by atoms with Crippen molar-refractivity contribution in [2.24, 2.45) is 0 Å². The van der Waals surface area contributed by atoms with E-state index in [4.69, 9.17) is 11.0 Å². The molecule has 1 heterocycles. The van der Waals surface area contributed by atoms with Crippen LogP contribution in [0.15, 0.2) is 12.3 Å². The molecule has 1 aromatic heterocycles. The van der Waals surface area contributed by atoms with Gasteiger partial charge in [0.05, 0.1) is 17.4 Å². The minimum Gasteiger partial charge on any atom is -0.397 e. The zero-order chi connectivity index (χ0) is 9.68. The van der Waals surface area contributed by atoms with Gasteiger partial charge >= 0.3 is 0 Å². The molecule has 0 unspecified atom stereocenters. The molecule has 3 N–H and O–H groups in total. The number of nitrogens with two attached hydrogens (primary N) is 1. The Morgan fingerprint density at radius 1 is 1.69 bits per heavy atom. The summed E-state index contributed by atoms with van der Waals surface area (Å²) in [5.74, 6) is 0.610. The van der Waals surface area contributed by atoms with Gasteiger partial charge in [0.15, 0.2) is 0 Å². The third-order valence-corrected chi connectivity index (χ3v) is 1.57. The monoisotopic (exact) mass is 176 g/mol. The maximum absolute atomic E-state index is 8.76. The molecule has 0 aromatic carbocycles. The molecule has 13 heavy (non-hydrogen) atoms. The number of nitrogens with zero attached hydrogens (tertiary/aromatic N) is 2. The van der Waals surface area contributed by atoms with Gasteiger partial charge in [-0.15, -0.1) is 0 Å². The molecule has 1 rings (SSSR count). The molecular weight excluding hydrogens is 164 g/mol. The van der Waals surface area contributed by atoms with Crippen LogP contribution in [-0.2, 0) is 0 Å². The number of nitrogens with one attached hydrogen (secondary N) is 1. The molecule has 0 aliphatic carbocycles. The van der Waals surface area contributed by atoms with Crippen LogP contribution in [0, 0.1) is 11.3 Å². The second kappa shape index (κ2) is 4.31. The van der Waals surface area contributed by atoms with Crippen molar-refractivity contribution in [3.63, 3.8) is 0 Å². The fraction of sp³-hybridized carbons (Fsp3) is 0.333. The molecule has 0 amide bonds. The summed E-state index contributed by atoms with van der Waals surface area (Å²) in [6, 6.07) is 3.66. The van der Waals surface area contributed by atoms with E-state index in [9.17, 15) is 0 Å². The summed E-state index contributed by atoms with van der Waals surface area (Å²) in [6.45, 7) is 2.86. The van der Waals surface area contributed by atoms with Crippen molar-refractivity contribution in [1.82, 2.24) is 4.98 Å². The van der Waals surface area contributed by atoms with E-state index in [1.165, 1.54) is 0 Å². The van der Waals surface area contributed by atoms with Crippen molar-refractivity contribution in [3.8, 4) is 6.07 Å². The Morgan fingerprint density at radius 3 is 3.08 bits per heavy atom. The van der Waals surface area contributed by atoms with Crippen molar-refractivity contribution in [1.29, 1.82) is 5.26 Å². The fourth-order valence-corrected chi connectivity index (χ4v) is 0.950. The SMILES string of the molecule is CCCNc1ncc(N)cc1C#N. The van der Waals surface area contributed by atoms with E-state index >= 15 is 0 Å². The summed E-state index contributed by atoms with van der Waals surface area (Å²) in [6.07, 6.45) is 2.54. The average Bonchev–Trinajstić information content (AvgIpc) is 2.16. The topological polar surface area (TPSA) is 74.7 Å². The van der Waals surface area contributed by atoms with Crippen LogP contribution in [-0.4, -0.2) is 11.5 Å².